The average Bonchev–Trinajstić information content (AvgIpc) is 2.97. The smallest absolute Gasteiger partial charge is 0.320 e. The molecule has 2 unspecified atom stereocenters. The number of hydrogen-bond acceptors (Lipinski definition) is 3. The van der Waals surface area contributed by atoms with Gasteiger partial charge in [-0.25, -0.2) is 0 Å². The van der Waals surface area contributed by atoms with Crippen molar-refractivity contribution in [3.05, 3.63) is 0 Å². The third-order valence-electron chi connectivity index (χ3n) is 4.04. The Morgan fingerprint density at radius 1 is 1.33 bits per heavy atom. The van der Waals surface area contributed by atoms with Crippen LogP contribution in [0, 0.1) is 17.3 Å². The first-order chi connectivity index (χ1) is 8.44. The number of nitrogens with one attached hydrogen (secondary N) is 1. The van der Waals surface area contributed by atoms with E-state index in [-0.39, 0.29) is 12.1 Å². The number of hydrogen-bond donors (Lipinski definition) is 1. The van der Waals surface area contributed by atoms with E-state index in [2.05, 4.69) is 26.1 Å². The van der Waals surface area contributed by atoms with Crippen LogP contribution in [0.2, 0.25) is 0 Å². The molecule has 3 nitrogen and oxygen atoms in total. The van der Waals surface area contributed by atoms with Gasteiger partial charge in [0, 0.05) is 0 Å². The van der Waals surface area contributed by atoms with Gasteiger partial charge in [0.05, 0.1) is 6.54 Å². The van der Waals surface area contributed by atoms with E-state index < -0.39 is 0 Å². The van der Waals surface area contributed by atoms with Crippen LogP contribution in [0.5, 0.6) is 0 Å². The second-order valence-corrected chi connectivity index (χ2v) is 7.10. The standard InChI is InChI=1S/C15H27NO2/c1-11-6-13(8-15(2,3)7-11)18-14(17)10-16-9-12-4-5-12/h11-13,16H,4-10H2,1-3H3. The molecule has 0 aromatic rings. The molecule has 2 fully saturated rings. The van der Waals surface area contributed by atoms with Gasteiger partial charge in [0.15, 0.2) is 0 Å². The zero-order valence-electron chi connectivity index (χ0n) is 12.0. The molecule has 2 aliphatic rings. The van der Waals surface area contributed by atoms with E-state index in [9.17, 15) is 4.79 Å². The summed E-state index contributed by atoms with van der Waals surface area (Å²) in [5.74, 6) is 1.39. The molecular weight excluding hydrogens is 226 g/mol. The minimum Gasteiger partial charge on any atom is -0.461 e. The maximum Gasteiger partial charge on any atom is 0.320 e. The van der Waals surface area contributed by atoms with Crippen molar-refractivity contribution in [2.45, 2.75) is 59.0 Å². The predicted molar refractivity (Wildman–Crippen MR) is 72.3 cm³/mol. The van der Waals surface area contributed by atoms with Gasteiger partial charge in [-0.2, -0.15) is 0 Å². The number of rotatable bonds is 5. The van der Waals surface area contributed by atoms with E-state index in [4.69, 9.17) is 4.74 Å². The van der Waals surface area contributed by atoms with Crippen LogP contribution in [0.25, 0.3) is 0 Å². The van der Waals surface area contributed by atoms with E-state index in [0.29, 0.717) is 17.9 Å². The van der Waals surface area contributed by atoms with Crippen LogP contribution in [0.15, 0.2) is 0 Å². The molecule has 18 heavy (non-hydrogen) atoms. The minimum absolute atomic E-state index is 0.0782. The van der Waals surface area contributed by atoms with Gasteiger partial charge >= 0.3 is 5.97 Å². The molecule has 0 amide bonds. The van der Waals surface area contributed by atoms with Crippen molar-refractivity contribution >= 4 is 5.97 Å². The van der Waals surface area contributed by atoms with Crippen molar-refractivity contribution in [3.8, 4) is 0 Å². The first-order valence-electron chi connectivity index (χ1n) is 7.35. The van der Waals surface area contributed by atoms with E-state index >= 15 is 0 Å². The molecule has 0 saturated heterocycles. The van der Waals surface area contributed by atoms with Gasteiger partial charge in [0.25, 0.3) is 0 Å². The van der Waals surface area contributed by atoms with Gasteiger partial charge in [-0.05, 0) is 55.9 Å². The van der Waals surface area contributed by atoms with Gasteiger partial charge in [-0.15, -0.1) is 0 Å². The number of carbonyl (C=O) groups is 1. The van der Waals surface area contributed by atoms with Crippen LogP contribution >= 0.6 is 0 Å². The SMILES string of the molecule is CC1CC(OC(=O)CNCC2CC2)CC(C)(C)C1. The number of carbonyl (C=O) groups excluding carboxylic acids is 1. The maximum absolute atomic E-state index is 11.7. The molecule has 2 saturated carbocycles. The second kappa shape index (κ2) is 5.60. The fraction of sp³-hybridized carbons (Fsp3) is 0.933. The first-order valence-corrected chi connectivity index (χ1v) is 7.35. The van der Waals surface area contributed by atoms with Crippen LogP contribution in [0.1, 0.15) is 52.9 Å². The van der Waals surface area contributed by atoms with Gasteiger partial charge in [0.1, 0.15) is 6.10 Å². The lowest BCUT2D eigenvalue weighted by Crippen LogP contribution is -2.36. The molecule has 0 heterocycles. The summed E-state index contributed by atoms with van der Waals surface area (Å²) in [6, 6.07) is 0. The summed E-state index contributed by atoms with van der Waals surface area (Å²) in [4.78, 5) is 11.7. The Bertz CT molecular complexity index is 297. The van der Waals surface area contributed by atoms with Crippen molar-refractivity contribution in [2.24, 2.45) is 17.3 Å². The summed E-state index contributed by atoms with van der Waals surface area (Å²) in [5, 5.41) is 3.19. The Morgan fingerprint density at radius 2 is 2.06 bits per heavy atom. The molecule has 0 aromatic heterocycles. The van der Waals surface area contributed by atoms with Crippen molar-refractivity contribution in [3.63, 3.8) is 0 Å². The molecule has 2 rings (SSSR count). The molecule has 0 aliphatic heterocycles. The molecule has 3 heteroatoms. The topological polar surface area (TPSA) is 38.3 Å². The quantitative estimate of drug-likeness (QED) is 0.766. The van der Waals surface area contributed by atoms with E-state index in [1.165, 1.54) is 19.3 Å². The Morgan fingerprint density at radius 3 is 2.67 bits per heavy atom. The normalized spacial score (nSPS) is 31.1. The lowest BCUT2D eigenvalue weighted by molar-refractivity contribution is -0.152. The largest absolute Gasteiger partial charge is 0.461 e. The summed E-state index contributed by atoms with van der Waals surface area (Å²) in [6.07, 6.45) is 6.02. The lowest BCUT2D eigenvalue weighted by atomic mass is 9.71. The lowest BCUT2D eigenvalue weighted by Gasteiger charge is -2.38. The van der Waals surface area contributed by atoms with E-state index in [1.54, 1.807) is 0 Å². The van der Waals surface area contributed by atoms with Crippen LogP contribution in [0.3, 0.4) is 0 Å². The summed E-state index contributed by atoms with van der Waals surface area (Å²) in [5.41, 5.74) is 0.310. The zero-order valence-corrected chi connectivity index (χ0v) is 12.0. The van der Waals surface area contributed by atoms with Crippen LogP contribution < -0.4 is 5.32 Å². The highest BCUT2D eigenvalue weighted by Gasteiger charge is 2.33. The summed E-state index contributed by atoms with van der Waals surface area (Å²) < 4.78 is 5.60. The Hall–Kier alpha value is -0.570. The summed E-state index contributed by atoms with van der Waals surface area (Å²) >= 11 is 0. The fourth-order valence-corrected chi connectivity index (χ4v) is 3.28. The average molecular weight is 253 g/mol. The zero-order chi connectivity index (χ0) is 13.2. The summed E-state index contributed by atoms with van der Waals surface area (Å²) in [7, 11) is 0. The van der Waals surface area contributed by atoms with Crippen LogP contribution in [-0.4, -0.2) is 25.2 Å². The van der Waals surface area contributed by atoms with Crippen LogP contribution in [0.4, 0.5) is 0 Å². The summed E-state index contributed by atoms with van der Waals surface area (Å²) in [6.45, 7) is 8.15. The highest BCUT2D eigenvalue weighted by Crippen LogP contribution is 2.39. The van der Waals surface area contributed by atoms with Crippen molar-refractivity contribution < 1.29 is 9.53 Å². The van der Waals surface area contributed by atoms with E-state index in [1.807, 2.05) is 0 Å². The fourth-order valence-electron chi connectivity index (χ4n) is 3.28. The van der Waals surface area contributed by atoms with Crippen molar-refractivity contribution in [1.82, 2.24) is 5.32 Å². The van der Waals surface area contributed by atoms with Gasteiger partial charge in [-0.3, -0.25) is 4.79 Å². The third kappa shape index (κ3) is 4.60. The van der Waals surface area contributed by atoms with Crippen molar-refractivity contribution in [1.29, 1.82) is 0 Å². The highest BCUT2D eigenvalue weighted by molar-refractivity contribution is 5.71. The number of esters is 1. The Balaban J connectivity index is 1.68. The molecule has 0 aromatic carbocycles. The van der Waals surface area contributed by atoms with Gasteiger partial charge in [-0.1, -0.05) is 20.8 Å². The van der Waals surface area contributed by atoms with Gasteiger partial charge in [0.2, 0.25) is 0 Å². The molecule has 0 bridgehead atoms. The minimum atomic E-state index is -0.0782. The predicted octanol–water partition coefficient (Wildman–Crippen LogP) is 2.74. The molecule has 104 valence electrons. The molecule has 0 radical (unpaired) electrons. The molecule has 0 spiro atoms. The molecular formula is C15H27NO2. The maximum atomic E-state index is 11.7. The molecule has 2 aliphatic carbocycles. The third-order valence-corrected chi connectivity index (χ3v) is 4.04. The first kappa shape index (κ1) is 13.9. The van der Waals surface area contributed by atoms with Gasteiger partial charge < -0.3 is 10.1 Å². The van der Waals surface area contributed by atoms with Crippen molar-refractivity contribution in [2.75, 3.05) is 13.1 Å². The second-order valence-electron chi connectivity index (χ2n) is 7.10. The Labute approximate surface area is 111 Å². The highest BCUT2D eigenvalue weighted by atomic mass is 16.5. The van der Waals surface area contributed by atoms with E-state index in [0.717, 1.165) is 25.3 Å². The molecule has 2 atom stereocenters. The Kier molecular flexibility index (Phi) is 4.31. The monoisotopic (exact) mass is 253 g/mol. The van der Waals surface area contributed by atoms with Crippen LogP contribution in [-0.2, 0) is 9.53 Å². The number of ether oxygens (including phenoxy) is 1. The molecule has 1 N–H and O–H groups in total.